The van der Waals surface area contributed by atoms with E-state index >= 15 is 0 Å². The Labute approximate surface area is 235 Å². The summed E-state index contributed by atoms with van der Waals surface area (Å²) >= 11 is 12.0. The number of carbonyl (C=O) groups excluding carboxylic acids is 1. The zero-order chi connectivity index (χ0) is 28.5. The Balaban J connectivity index is 2.04. The molecule has 0 amide bonds. The first-order valence-electron chi connectivity index (χ1n) is 12.3. The van der Waals surface area contributed by atoms with Gasteiger partial charge < -0.3 is 14.8 Å². The van der Waals surface area contributed by atoms with Crippen molar-refractivity contribution < 1.29 is 27.5 Å². The van der Waals surface area contributed by atoms with Crippen LogP contribution in [0.4, 0.5) is 0 Å². The zero-order valence-corrected chi connectivity index (χ0v) is 25.4. The molecule has 1 aliphatic rings. The molecular weight excluding hydrogens is 567 g/mol. The molecule has 3 atom stereocenters. The first-order chi connectivity index (χ1) is 17.5. The number of aliphatic carboxylic acids is 1. The van der Waals surface area contributed by atoms with Crippen LogP contribution in [0.25, 0.3) is 0 Å². The van der Waals surface area contributed by atoms with Crippen LogP contribution in [0.3, 0.4) is 0 Å². The summed E-state index contributed by atoms with van der Waals surface area (Å²) in [7, 11) is -6.48. The SMILES string of the molecule is CC(C)(C)[Si](C)(C)Oc1ccc([C@H](NS(=O)(=O)c2cc(Cl)cc(Cl)c2)[C@H](C(=O)O)C(=O)C2CCCN2)cc1. The molecule has 0 aliphatic carbocycles. The molecule has 1 fully saturated rings. The summed E-state index contributed by atoms with van der Waals surface area (Å²) in [5.41, 5.74) is 0.308. The summed E-state index contributed by atoms with van der Waals surface area (Å²) in [6.45, 7) is 11.1. The number of rotatable bonds is 10. The quantitative estimate of drug-likeness (QED) is 0.246. The van der Waals surface area contributed by atoms with Crippen LogP contribution >= 0.6 is 23.2 Å². The summed E-state index contributed by atoms with van der Waals surface area (Å²) in [5, 5.41) is 13.3. The molecule has 1 saturated heterocycles. The highest BCUT2D eigenvalue weighted by molar-refractivity contribution is 7.89. The van der Waals surface area contributed by atoms with Crippen LogP contribution in [-0.4, -0.2) is 46.2 Å². The average molecular weight is 602 g/mol. The molecule has 0 radical (unpaired) electrons. The van der Waals surface area contributed by atoms with Gasteiger partial charge in [-0.05, 0) is 73.4 Å². The summed E-state index contributed by atoms with van der Waals surface area (Å²) in [5.74, 6) is -3.11. The van der Waals surface area contributed by atoms with Gasteiger partial charge in [0.25, 0.3) is 0 Å². The molecule has 1 unspecified atom stereocenters. The van der Waals surface area contributed by atoms with E-state index in [9.17, 15) is 23.1 Å². The highest BCUT2D eigenvalue weighted by Gasteiger charge is 2.42. The maximum atomic E-state index is 13.4. The number of carboxylic acids is 1. The number of carboxylic acid groups (broad SMARTS) is 1. The lowest BCUT2D eigenvalue weighted by Crippen LogP contribution is -2.46. The number of Topliss-reactive ketones (excluding diaryl/α,β-unsaturated/α-hetero) is 1. The van der Waals surface area contributed by atoms with Gasteiger partial charge in [0.1, 0.15) is 11.7 Å². The number of halogens is 2. The molecule has 3 rings (SSSR count). The highest BCUT2D eigenvalue weighted by Crippen LogP contribution is 2.38. The first kappa shape index (κ1) is 30.6. The number of hydrogen-bond acceptors (Lipinski definition) is 6. The standard InChI is InChI=1S/C26H34Cl2N2O6SSi/c1-26(2,3)38(4,5)36-19-10-8-16(9-11-19)23(22(25(32)33)24(31)21-7-6-12-29-21)30-37(34,35)20-14-17(27)13-18(28)15-20/h8-11,13-15,21-23,29-30H,6-7,12H2,1-5H3,(H,32,33)/t21?,22-,23-/m0/s1. The van der Waals surface area contributed by atoms with Gasteiger partial charge in [0.05, 0.1) is 17.0 Å². The van der Waals surface area contributed by atoms with Crippen LogP contribution in [-0.2, 0) is 19.6 Å². The Kier molecular flexibility index (Phi) is 9.38. The molecule has 38 heavy (non-hydrogen) atoms. The summed E-state index contributed by atoms with van der Waals surface area (Å²) in [6.07, 6.45) is 1.20. The molecule has 2 aromatic rings. The van der Waals surface area contributed by atoms with Crippen molar-refractivity contribution in [1.82, 2.24) is 10.0 Å². The average Bonchev–Trinajstić information content (AvgIpc) is 3.32. The van der Waals surface area contributed by atoms with Crippen molar-refractivity contribution in [2.45, 2.75) is 68.7 Å². The lowest BCUT2D eigenvalue weighted by atomic mass is 9.86. The van der Waals surface area contributed by atoms with E-state index in [0.29, 0.717) is 24.3 Å². The van der Waals surface area contributed by atoms with Gasteiger partial charge in [0.2, 0.25) is 18.3 Å². The molecule has 12 heteroatoms. The van der Waals surface area contributed by atoms with Gasteiger partial charge >= 0.3 is 5.97 Å². The van der Waals surface area contributed by atoms with Crippen molar-refractivity contribution in [1.29, 1.82) is 0 Å². The second-order valence-electron chi connectivity index (χ2n) is 11.0. The molecule has 208 valence electrons. The third kappa shape index (κ3) is 7.16. The van der Waals surface area contributed by atoms with Crippen LogP contribution in [0.2, 0.25) is 28.2 Å². The Morgan fingerprint density at radius 1 is 1.11 bits per heavy atom. The Bertz CT molecular complexity index is 1270. The van der Waals surface area contributed by atoms with Gasteiger partial charge in [-0.3, -0.25) is 9.59 Å². The van der Waals surface area contributed by atoms with Gasteiger partial charge in [-0.2, -0.15) is 0 Å². The van der Waals surface area contributed by atoms with E-state index in [1.54, 1.807) is 24.3 Å². The van der Waals surface area contributed by atoms with E-state index in [4.69, 9.17) is 27.6 Å². The molecule has 2 aromatic carbocycles. The van der Waals surface area contributed by atoms with Crippen molar-refractivity contribution in [3.05, 3.63) is 58.1 Å². The monoisotopic (exact) mass is 600 g/mol. The first-order valence-corrected chi connectivity index (χ1v) is 17.4. The number of sulfonamides is 1. The number of carbonyl (C=O) groups is 2. The molecule has 1 heterocycles. The Hall–Kier alpha value is -1.95. The lowest BCUT2D eigenvalue weighted by molar-refractivity contribution is -0.148. The lowest BCUT2D eigenvalue weighted by Gasteiger charge is -2.36. The van der Waals surface area contributed by atoms with Crippen molar-refractivity contribution in [2.75, 3.05) is 6.54 Å². The normalized spacial score (nSPS) is 18.1. The van der Waals surface area contributed by atoms with Gasteiger partial charge in [-0.25, -0.2) is 13.1 Å². The smallest absolute Gasteiger partial charge is 0.316 e. The fourth-order valence-electron chi connectivity index (χ4n) is 4.01. The number of nitrogens with one attached hydrogen (secondary N) is 2. The van der Waals surface area contributed by atoms with Gasteiger partial charge in [-0.15, -0.1) is 0 Å². The van der Waals surface area contributed by atoms with E-state index in [-0.39, 0.29) is 20.0 Å². The predicted molar refractivity (Wildman–Crippen MR) is 151 cm³/mol. The summed E-state index contributed by atoms with van der Waals surface area (Å²) < 4.78 is 35.5. The molecule has 0 spiro atoms. The fourth-order valence-corrected chi connectivity index (χ4v) is 7.00. The Morgan fingerprint density at radius 2 is 1.68 bits per heavy atom. The molecule has 3 N–H and O–H groups in total. The van der Waals surface area contributed by atoms with E-state index in [1.165, 1.54) is 18.2 Å². The minimum absolute atomic E-state index is 0.0445. The minimum atomic E-state index is -4.33. The van der Waals surface area contributed by atoms with Gasteiger partial charge in [-0.1, -0.05) is 56.1 Å². The van der Waals surface area contributed by atoms with E-state index < -0.39 is 48.1 Å². The number of benzene rings is 2. The molecule has 0 aromatic heterocycles. The van der Waals surface area contributed by atoms with Crippen LogP contribution in [0, 0.1) is 5.92 Å². The van der Waals surface area contributed by atoms with Crippen molar-refractivity contribution in [2.24, 2.45) is 5.92 Å². The molecular formula is C26H34Cl2N2O6SSi. The minimum Gasteiger partial charge on any atom is -0.544 e. The third-order valence-corrected chi connectivity index (χ3v) is 13.4. The van der Waals surface area contributed by atoms with E-state index in [0.717, 1.165) is 6.42 Å². The largest absolute Gasteiger partial charge is 0.544 e. The van der Waals surface area contributed by atoms with E-state index in [2.05, 4.69) is 43.9 Å². The third-order valence-electron chi connectivity index (χ3n) is 7.16. The summed E-state index contributed by atoms with van der Waals surface area (Å²) in [4.78, 5) is 25.6. The van der Waals surface area contributed by atoms with Crippen LogP contribution in [0.15, 0.2) is 47.4 Å². The predicted octanol–water partition coefficient (Wildman–Crippen LogP) is 5.42. The number of ketones is 1. The molecule has 1 aliphatic heterocycles. The fraction of sp³-hybridized carbons (Fsp3) is 0.462. The Morgan fingerprint density at radius 3 is 2.16 bits per heavy atom. The van der Waals surface area contributed by atoms with Crippen molar-refractivity contribution >= 4 is 53.3 Å². The highest BCUT2D eigenvalue weighted by atomic mass is 35.5. The molecule has 0 saturated carbocycles. The van der Waals surface area contributed by atoms with Crippen molar-refractivity contribution in [3.63, 3.8) is 0 Å². The zero-order valence-electron chi connectivity index (χ0n) is 22.0. The summed E-state index contributed by atoms with van der Waals surface area (Å²) in [6, 6.07) is 8.25. The van der Waals surface area contributed by atoms with E-state index in [1.807, 2.05) is 0 Å². The maximum Gasteiger partial charge on any atom is 0.316 e. The van der Waals surface area contributed by atoms with Gasteiger partial charge in [0, 0.05) is 10.0 Å². The van der Waals surface area contributed by atoms with Crippen LogP contribution < -0.4 is 14.5 Å². The van der Waals surface area contributed by atoms with Gasteiger partial charge in [0.15, 0.2) is 5.78 Å². The number of hydrogen-bond donors (Lipinski definition) is 3. The second kappa shape index (κ2) is 11.7. The molecule has 0 bridgehead atoms. The maximum absolute atomic E-state index is 13.4. The second-order valence-corrected chi connectivity index (χ2v) is 18.3. The topological polar surface area (TPSA) is 122 Å². The van der Waals surface area contributed by atoms with Crippen molar-refractivity contribution in [3.8, 4) is 5.75 Å². The van der Waals surface area contributed by atoms with Crippen LogP contribution in [0.1, 0.15) is 45.2 Å². The molecule has 8 nitrogen and oxygen atoms in total. The van der Waals surface area contributed by atoms with Crippen LogP contribution in [0.5, 0.6) is 5.75 Å².